The van der Waals surface area contributed by atoms with Crippen LogP contribution in [0.5, 0.6) is 0 Å². The predicted octanol–water partition coefficient (Wildman–Crippen LogP) is 4.75. The topological polar surface area (TPSA) is 73.8 Å². The quantitative estimate of drug-likeness (QED) is 0.396. The molecule has 190 valence electrons. The number of carbonyl (C=O) groups is 1. The number of aryl methyl sites for hydroxylation is 2. The number of hydrogen-bond donors (Lipinski definition) is 0. The molecule has 3 heterocycles. The van der Waals surface area contributed by atoms with Crippen LogP contribution in [0.1, 0.15) is 37.8 Å². The molecule has 1 aromatic carbocycles. The Bertz CT molecular complexity index is 1220. The zero-order chi connectivity index (χ0) is 25.2. The van der Waals surface area contributed by atoms with Crippen molar-refractivity contribution in [3.8, 4) is 0 Å². The maximum atomic E-state index is 13.8. The number of hydrogen-bond acceptors (Lipinski definition) is 7. The van der Waals surface area contributed by atoms with Gasteiger partial charge in [-0.1, -0.05) is 43.4 Å². The minimum absolute atomic E-state index is 0.0553. The Morgan fingerprint density at radius 2 is 1.77 bits per heavy atom. The molecule has 4 rings (SSSR count). The summed E-state index contributed by atoms with van der Waals surface area (Å²) in [5.74, 6) is -0.157. The molecule has 0 radical (unpaired) electrons. The van der Waals surface area contributed by atoms with Gasteiger partial charge in [0.2, 0.25) is 5.91 Å². The van der Waals surface area contributed by atoms with Gasteiger partial charge in [0.25, 0.3) is 10.0 Å². The zero-order valence-electron chi connectivity index (χ0n) is 20.9. The van der Waals surface area contributed by atoms with Gasteiger partial charge in [0.1, 0.15) is 4.21 Å². The number of anilines is 1. The van der Waals surface area contributed by atoms with Crippen molar-refractivity contribution < 1.29 is 13.2 Å². The van der Waals surface area contributed by atoms with E-state index < -0.39 is 10.0 Å². The highest BCUT2D eigenvalue weighted by molar-refractivity contribution is 7.91. The predicted molar refractivity (Wildman–Crippen MR) is 145 cm³/mol. The molecule has 0 spiro atoms. The number of nitrogens with zero attached hydrogens (tertiary/aromatic N) is 4. The molecule has 0 aliphatic carbocycles. The molecule has 1 saturated heterocycles. The van der Waals surface area contributed by atoms with Gasteiger partial charge in [-0.05, 0) is 62.4 Å². The second kappa shape index (κ2) is 11.0. The van der Waals surface area contributed by atoms with Crippen molar-refractivity contribution in [1.29, 1.82) is 0 Å². The summed E-state index contributed by atoms with van der Waals surface area (Å²) in [7, 11) is -3.49. The maximum absolute atomic E-state index is 13.8. The fourth-order valence-electron chi connectivity index (χ4n) is 4.55. The summed E-state index contributed by atoms with van der Waals surface area (Å²) in [6, 6.07) is 7.57. The first-order chi connectivity index (χ1) is 16.8. The van der Waals surface area contributed by atoms with Crippen LogP contribution < -0.4 is 4.90 Å². The Balaban J connectivity index is 1.55. The summed E-state index contributed by atoms with van der Waals surface area (Å²) < 4.78 is 28.8. The van der Waals surface area contributed by atoms with Crippen LogP contribution in [-0.4, -0.2) is 67.8 Å². The summed E-state index contributed by atoms with van der Waals surface area (Å²) in [6.07, 6.45) is 1.04. The summed E-state index contributed by atoms with van der Waals surface area (Å²) in [5, 5.41) is 2.52. The van der Waals surface area contributed by atoms with Gasteiger partial charge in [0, 0.05) is 32.1 Å². The molecule has 1 fully saturated rings. The largest absolute Gasteiger partial charge is 0.302 e. The first-order valence-corrected chi connectivity index (χ1v) is 15.3. The van der Waals surface area contributed by atoms with Gasteiger partial charge < -0.3 is 4.90 Å². The molecule has 10 heteroatoms. The lowest BCUT2D eigenvalue weighted by atomic mass is 9.96. The standard InChI is InChI=1S/C25H34N4O3S3/c1-5-27(6-2)15-16-29(25-26-22-18(3)9-10-19(4)23(22)34-25)24(30)20-11-13-28(14-12-20)35(31,32)21-8-7-17-33-21/h7-10,17,20H,5-6,11-16H2,1-4H3. The van der Waals surface area contributed by atoms with Crippen molar-refractivity contribution in [2.75, 3.05) is 44.2 Å². The number of thiazole rings is 1. The Labute approximate surface area is 216 Å². The Hall–Kier alpha value is -1.85. The lowest BCUT2D eigenvalue weighted by molar-refractivity contribution is -0.123. The number of benzene rings is 1. The third-order valence-corrected chi connectivity index (χ3v) is 11.3. The second-order valence-electron chi connectivity index (χ2n) is 9.00. The molecule has 0 bridgehead atoms. The van der Waals surface area contributed by atoms with Crippen LogP contribution >= 0.6 is 22.7 Å². The van der Waals surface area contributed by atoms with E-state index in [2.05, 4.69) is 44.7 Å². The number of likely N-dealkylation sites (N-methyl/N-ethyl adjacent to an activating group) is 1. The van der Waals surface area contributed by atoms with Gasteiger partial charge in [-0.3, -0.25) is 9.69 Å². The lowest BCUT2D eigenvalue weighted by Gasteiger charge is -2.33. The number of carbonyl (C=O) groups excluding carboxylic acids is 1. The average molecular weight is 535 g/mol. The number of amides is 1. The molecule has 0 atom stereocenters. The average Bonchev–Trinajstić information content (AvgIpc) is 3.56. The third kappa shape index (κ3) is 5.46. The summed E-state index contributed by atoms with van der Waals surface area (Å²) >= 11 is 2.81. The summed E-state index contributed by atoms with van der Waals surface area (Å²) in [6.45, 7) is 12.3. The fourth-order valence-corrected chi connectivity index (χ4v) is 8.30. The third-order valence-electron chi connectivity index (χ3n) is 6.85. The fraction of sp³-hybridized carbons (Fsp3) is 0.520. The van der Waals surface area contributed by atoms with Crippen molar-refractivity contribution in [1.82, 2.24) is 14.2 Å². The minimum Gasteiger partial charge on any atom is -0.302 e. The number of sulfonamides is 1. The van der Waals surface area contributed by atoms with Crippen LogP contribution in [0, 0.1) is 19.8 Å². The van der Waals surface area contributed by atoms with Crippen LogP contribution in [0.2, 0.25) is 0 Å². The van der Waals surface area contributed by atoms with Gasteiger partial charge in [-0.25, -0.2) is 13.4 Å². The van der Waals surface area contributed by atoms with Crippen LogP contribution in [0.15, 0.2) is 33.9 Å². The number of fused-ring (bicyclic) bond motifs is 1. The molecule has 35 heavy (non-hydrogen) atoms. The van der Waals surface area contributed by atoms with Gasteiger partial charge >= 0.3 is 0 Å². The first kappa shape index (κ1) is 26.2. The molecular formula is C25H34N4O3S3. The number of aromatic nitrogens is 1. The molecule has 2 aromatic heterocycles. The van der Waals surface area contributed by atoms with Crippen molar-refractivity contribution in [2.24, 2.45) is 5.92 Å². The molecule has 0 N–H and O–H groups in total. The van der Waals surface area contributed by atoms with E-state index in [-0.39, 0.29) is 11.8 Å². The Morgan fingerprint density at radius 1 is 1.09 bits per heavy atom. The van der Waals surface area contributed by atoms with Gasteiger partial charge in [0.05, 0.1) is 10.2 Å². The van der Waals surface area contributed by atoms with Crippen molar-refractivity contribution in [3.63, 3.8) is 0 Å². The first-order valence-electron chi connectivity index (χ1n) is 12.2. The highest BCUT2D eigenvalue weighted by Crippen LogP contribution is 2.35. The smallest absolute Gasteiger partial charge is 0.252 e. The monoisotopic (exact) mass is 534 g/mol. The number of thiophene rings is 1. The van der Waals surface area contributed by atoms with Gasteiger partial charge in [-0.2, -0.15) is 4.31 Å². The zero-order valence-corrected chi connectivity index (χ0v) is 23.3. The van der Waals surface area contributed by atoms with E-state index in [1.807, 2.05) is 4.90 Å². The van der Waals surface area contributed by atoms with Crippen molar-refractivity contribution in [2.45, 2.75) is 44.7 Å². The molecule has 0 saturated carbocycles. The van der Waals surface area contributed by atoms with Crippen LogP contribution in [0.3, 0.4) is 0 Å². The van der Waals surface area contributed by atoms with E-state index in [0.717, 1.165) is 46.1 Å². The molecule has 7 nitrogen and oxygen atoms in total. The molecule has 1 aliphatic rings. The van der Waals surface area contributed by atoms with Crippen molar-refractivity contribution in [3.05, 3.63) is 40.8 Å². The highest BCUT2D eigenvalue weighted by Gasteiger charge is 2.35. The van der Waals surface area contributed by atoms with Gasteiger partial charge in [-0.15, -0.1) is 11.3 Å². The highest BCUT2D eigenvalue weighted by atomic mass is 32.2. The summed E-state index contributed by atoms with van der Waals surface area (Å²) in [4.78, 5) is 22.9. The number of rotatable bonds is 9. The molecule has 0 unspecified atom stereocenters. The molecule has 3 aromatic rings. The van der Waals surface area contributed by atoms with Crippen LogP contribution in [-0.2, 0) is 14.8 Å². The van der Waals surface area contributed by atoms with E-state index in [1.54, 1.807) is 28.8 Å². The molecule has 1 amide bonds. The normalized spacial score (nSPS) is 15.8. The summed E-state index contributed by atoms with van der Waals surface area (Å²) in [5.41, 5.74) is 3.23. The van der Waals surface area contributed by atoms with Crippen molar-refractivity contribution >= 4 is 54.0 Å². The Morgan fingerprint density at radius 3 is 2.37 bits per heavy atom. The van der Waals surface area contributed by atoms with E-state index in [4.69, 9.17) is 4.98 Å². The van der Waals surface area contributed by atoms with E-state index in [1.165, 1.54) is 15.6 Å². The van der Waals surface area contributed by atoms with Crippen LogP contribution in [0.25, 0.3) is 10.2 Å². The van der Waals surface area contributed by atoms with Gasteiger partial charge in [0.15, 0.2) is 5.13 Å². The van der Waals surface area contributed by atoms with E-state index >= 15 is 0 Å². The molecular weight excluding hydrogens is 501 g/mol. The lowest BCUT2D eigenvalue weighted by Crippen LogP contribution is -2.46. The Kier molecular flexibility index (Phi) is 8.27. The maximum Gasteiger partial charge on any atom is 0.252 e. The van der Waals surface area contributed by atoms with E-state index in [0.29, 0.717) is 36.7 Å². The molecule has 1 aliphatic heterocycles. The van der Waals surface area contributed by atoms with E-state index in [9.17, 15) is 13.2 Å². The minimum atomic E-state index is -3.49. The second-order valence-corrected chi connectivity index (χ2v) is 13.1. The number of piperidine rings is 1. The van der Waals surface area contributed by atoms with Crippen LogP contribution in [0.4, 0.5) is 5.13 Å². The SMILES string of the molecule is CCN(CC)CCN(C(=O)C1CCN(S(=O)(=O)c2cccs2)CC1)c1nc2c(C)ccc(C)c2s1.